The first-order chi connectivity index (χ1) is 15.1. The molecule has 5 nitrogen and oxygen atoms in total. The van der Waals surface area contributed by atoms with E-state index in [1.807, 2.05) is 35.2 Å². The monoisotopic (exact) mass is 415 g/mol. The Morgan fingerprint density at radius 1 is 1.00 bits per heavy atom. The van der Waals surface area contributed by atoms with Gasteiger partial charge in [-0.3, -0.25) is 9.78 Å². The summed E-state index contributed by atoms with van der Waals surface area (Å²) in [6.07, 6.45) is 3.39. The Morgan fingerprint density at radius 2 is 1.81 bits per heavy atom. The maximum atomic E-state index is 12.0. The Morgan fingerprint density at radius 3 is 2.52 bits per heavy atom. The van der Waals surface area contributed by atoms with Gasteiger partial charge in [-0.1, -0.05) is 30.3 Å². The number of nitrogens with zero attached hydrogens (tertiary/aromatic N) is 2. The molecule has 0 aliphatic carbocycles. The topological polar surface area (TPSA) is 54.5 Å². The number of hydrogen-bond donors (Lipinski definition) is 1. The van der Waals surface area contributed by atoms with Gasteiger partial charge in [0.15, 0.2) is 0 Å². The van der Waals surface area contributed by atoms with E-state index in [4.69, 9.17) is 4.74 Å². The van der Waals surface area contributed by atoms with Crippen LogP contribution in [-0.4, -0.2) is 17.4 Å². The summed E-state index contributed by atoms with van der Waals surface area (Å²) >= 11 is 0. The molecule has 0 unspecified atom stereocenters. The third kappa shape index (κ3) is 5.30. The van der Waals surface area contributed by atoms with E-state index >= 15 is 0 Å². The van der Waals surface area contributed by atoms with Crippen LogP contribution < -0.4 is 15.0 Å². The summed E-state index contributed by atoms with van der Waals surface area (Å²) in [5.41, 5.74) is 6.59. The molecule has 1 aromatic heterocycles. The second-order valence-electron chi connectivity index (χ2n) is 8.09. The van der Waals surface area contributed by atoms with Gasteiger partial charge in [0.25, 0.3) is 0 Å². The lowest BCUT2D eigenvalue weighted by molar-refractivity contribution is -0.117. The highest BCUT2D eigenvalue weighted by molar-refractivity contribution is 5.95. The summed E-state index contributed by atoms with van der Waals surface area (Å²) in [5.74, 6) is 1.15. The van der Waals surface area contributed by atoms with Crippen molar-refractivity contribution in [2.75, 3.05) is 11.4 Å². The third-order valence-electron chi connectivity index (χ3n) is 5.56. The standard InChI is InChI=1S/C26H29N3O2/c1-19-13-22(14-20(2)26(19)31-18-23-8-3-4-11-28-23)17-27-16-21-7-5-9-24(15-21)29-12-6-10-25(29)30/h3-5,7-9,11,13-15,27H,6,10,12,16-18H2,1-2H3. The number of amides is 1. The fourth-order valence-electron chi connectivity index (χ4n) is 4.11. The smallest absolute Gasteiger partial charge is 0.227 e. The summed E-state index contributed by atoms with van der Waals surface area (Å²) in [7, 11) is 0. The largest absolute Gasteiger partial charge is 0.487 e. The summed E-state index contributed by atoms with van der Waals surface area (Å²) < 4.78 is 6.04. The van der Waals surface area contributed by atoms with Crippen LogP contribution in [0.4, 0.5) is 5.69 Å². The minimum atomic E-state index is 0.224. The van der Waals surface area contributed by atoms with E-state index in [-0.39, 0.29) is 5.91 Å². The number of nitrogens with one attached hydrogen (secondary N) is 1. The molecule has 0 atom stereocenters. The van der Waals surface area contributed by atoms with Crippen LogP contribution >= 0.6 is 0 Å². The SMILES string of the molecule is Cc1cc(CNCc2cccc(N3CCCC3=O)c2)cc(C)c1OCc1ccccn1. The van der Waals surface area contributed by atoms with Gasteiger partial charge in [0.1, 0.15) is 12.4 Å². The lowest BCUT2D eigenvalue weighted by Gasteiger charge is -2.17. The molecule has 1 amide bonds. The highest BCUT2D eigenvalue weighted by atomic mass is 16.5. The van der Waals surface area contributed by atoms with Crippen molar-refractivity contribution in [1.82, 2.24) is 10.3 Å². The van der Waals surface area contributed by atoms with E-state index < -0.39 is 0 Å². The first-order valence-corrected chi connectivity index (χ1v) is 10.8. The van der Waals surface area contributed by atoms with Crippen molar-refractivity contribution in [3.05, 3.63) is 88.7 Å². The second-order valence-corrected chi connectivity index (χ2v) is 8.09. The highest BCUT2D eigenvalue weighted by Crippen LogP contribution is 2.26. The van der Waals surface area contributed by atoms with Crippen LogP contribution in [0.3, 0.4) is 0 Å². The van der Waals surface area contributed by atoms with Crippen molar-refractivity contribution in [3.8, 4) is 5.75 Å². The van der Waals surface area contributed by atoms with E-state index in [0.29, 0.717) is 13.0 Å². The van der Waals surface area contributed by atoms with Crippen LogP contribution in [-0.2, 0) is 24.5 Å². The molecular formula is C26H29N3O2. The molecule has 1 N–H and O–H groups in total. The molecule has 2 aromatic carbocycles. The van der Waals surface area contributed by atoms with Crippen LogP contribution in [0, 0.1) is 13.8 Å². The van der Waals surface area contributed by atoms with Gasteiger partial charge in [-0.2, -0.15) is 0 Å². The molecule has 160 valence electrons. The highest BCUT2D eigenvalue weighted by Gasteiger charge is 2.21. The maximum absolute atomic E-state index is 12.0. The predicted octanol–water partition coefficient (Wildman–Crippen LogP) is 4.69. The summed E-state index contributed by atoms with van der Waals surface area (Å²) in [4.78, 5) is 18.2. The van der Waals surface area contributed by atoms with Gasteiger partial charge < -0.3 is 15.0 Å². The quantitative estimate of drug-likeness (QED) is 0.580. The molecular weight excluding hydrogens is 386 g/mol. The van der Waals surface area contributed by atoms with Crippen molar-refractivity contribution in [1.29, 1.82) is 0 Å². The number of pyridine rings is 1. The van der Waals surface area contributed by atoms with Gasteiger partial charge in [0.05, 0.1) is 5.69 Å². The van der Waals surface area contributed by atoms with Crippen molar-refractivity contribution in [3.63, 3.8) is 0 Å². The third-order valence-corrected chi connectivity index (χ3v) is 5.56. The molecule has 1 saturated heterocycles. The zero-order valence-electron chi connectivity index (χ0n) is 18.2. The molecule has 3 aromatic rings. The number of carbonyl (C=O) groups excluding carboxylic acids is 1. The van der Waals surface area contributed by atoms with Gasteiger partial charge >= 0.3 is 0 Å². The fraction of sp³-hybridized carbons (Fsp3) is 0.308. The molecule has 1 fully saturated rings. The van der Waals surface area contributed by atoms with Crippen LogP contribution in [0.15, 0.2) is 60.8 Å². The Bertz CT molecular complexity index is 1030. The van der Waals surface area contributed by atoms with E-state index in [1.165, 1.54) is 11.1 Å². The number of ether oxygens (including phenoxy) is 1. The van der Waals surface area contributed by atoms with Crippen molar-refractivity contribution in [2.24, 2.45) is 0 Å². The average molecular weight is 416 g/mol. The number of aromatic nitrogens is 1. The molecule has 0 bridgehead atoms. The van der Waals surface area contributed by atoms with Gasteiger partial charge in [-0.05, 0) is 66.8 Å². The summed E-state index contributed by atoms with van der Waals surface area (Å²) in [6, 6.07) is 18.5. The first kappa shape index (κ1) is 21.1. The number of carbonyl (C=O) groups is 1. The normalized spacial score (nSPS) is 13.6. The van der Waals surface area contributed by atoms with Crippen LogP contribution in [0.5, 0.6) is 5.75 Å². The molecule has 0 saturated carbocycles. The Hall–Kier alpha value is -3.18. The number of anilines is 1. The van der Waals surface area contributed by atoms with Crippen molar-refractivity contribution >= 4 is 11.6 Å². The summed E-state index contributed by atoms with van der Waals surface area (Å²) in [5, 5.41) is 3.52. The zero-order chi connectivity index (χ0) is 21.6. The number of aryl methyl sites for hydroxylation is 2. The molecule has 0 radical (unpaired) electrons. The van der Waals surface area contributed by atoms with E-state index in [9.17, 15) is 4.79 Å². The van der Waals surface area contributed by atoms with E-state index in [1.54, 1.807) is 6.20 Å². The lowest BCUT2D eigenvalue weighted by atomic mass is 10.1. The maximum Gasteiger partial charge on any atom is 0.227 e. The van der Waals surface area contributed by atoms with Gasteiger partial charge in [0.2, 0.25) is 5.91 Å². The average Bonchev–Trinajstić information content (AvgIpc) is 3.20. The lowest BCUT2D eigenvalue weighted by Crippen LogP contribution is -2.23. The van der Waals surface area contributed by atoms with E-state index in [2.05, 4.69) is 48.4 Å². The van der Waals surface area contributed by atoms with Crippen LogP contribution in [0.2, 0.25) is 0 Å². The predicted molar refractivity (Wildman–Crippen MR) is 123 cm³/mol. The molecule has 1 aliphatic heterocycles. The van der Waals surface area contributed by atoms with Crippen molar-refractivity contribution < 1.29 is 9.53 Å². The second kappa shape index (κ2) is 9.75. The van der Waals surface area contributed by atoms with Crippen molar-refractivity contribution in [2.45, 2.75) is 46.4 Å². The Kier molecular flexibility index (Phi) is 6.63. The van der Waals surface area contributed by atoms with Crippen LogP contribution in [0.25, 0.3) is 0 Å². The molecule has 1 aliphatic rings. The zero-order valence-corrected chi connectivity index (χ0v) is 18.2. The molecule has 31 heavy (non-hydrogen) atoms. The van der Waals surface area contributed by atoms with Gasteiger partial charge in [0, 0.05) is 37.9 Å². The minimum absolute atomic E-state index is 0.224. The number of benzene rings is 2. The number of rotatable bonds is 8. The number of hydrogen-bond acceptors (Lipinski definition) is 4. The molecule has 2 heterocycles. The van der Waals surface area contributed by atoms with Gasteiger partial charge in [-0.25, -0.2) is 0 Å². The minimum Gasteiger partial charge on any atom is -0.487 e. The van der Waals surface area contributed by atoms with Crippen LogP contribution in [0.1, 0.15) is 40.8 Å². The van der Waals surface area contributed by atoms with E-state index in [0.717, 1.165) is 54.3 Å². The summed E-state index contributed by atoms with van der Waals surface area (Å²) in [6.45, 7) is 6.99. The molecule has 0 spiro atoms. The molecule has 4 rings (SSSR count). The Balaban J connectivity index is 1.34. The van der Waals surface area contributed by atoms with Gasteiger partial charge in [-0.15, -0.1) is 0 Å². The molecule has 5 heteroatoms. The Labute approximate surface area is 184 Å². The first-order valence-electron chi connectivity index (χ1n) is 10.8. The fourth-order valence-corrected chi connectivity index (χ4v) is 4.11.